The van der Waals surface area contributed by atoms with Gasteiger partial charge in [-0.1, -0.05) is 30.3 Å². The Morgan fingerprint density at radius 3 is 2.28 bits per heavy atom. The molecule has 4 rings (SSSR count). The molecule has 1 aromatic rings. The fraction of sp³-hybridized carbons (Fsp3) is 0.667. The van der Waals surface area contributed by atoms with Gasteiger partial charge in [-0.15, -0.1) is 0 Å². The van der Waals surface area contributed by atoms with Crippen molar-refractivity contribution < 1.29 is 4.79 Å². The van der Waals surface area contributed by atoms with Crippen molar-refractivity contribution in [1.29, 1.82) is 0 Å². The minimum absolute atomic E-state index is 0.374. The van der Waals surface area contributed by atoms with Gasteiger partial charge in [-0.2, -0.15) is 0 Å². The fourth-order valence-corrected chi connectivity index (χ4v) is 4.14. The average molecular weight is 341 g/mol. The molecule has 1 aromatic carbocycles. The molecule has 1 atom stereocenters. The van der Waals surface area contributed by atoms with Crippen molar-refractivity contribution in [3.8, 4) is 0 Å². The Bertz CT molecular complexity index is 574. The highest BCUT2D eigenvalue weighted by Gasteiger charge is 2.41. The molecular formula is C21H31N3O. The number of piperazine rings is 1. The lowest BCUT2D eigenvalue weighted by molar-refractivity contribution is -0.136. The summed E-state index contributed by atoms with van der Waals surface area (Å²) in [4.78, 5) is 20.0. The molecule has 0 aromatic heterocycles. The molecule has 1 unspecified atom stereocenters. The van der Waals surface area contributed by atoms with Gasteiger partial charge in [-0.05, 0) is 44.1 Å². The summed E-state index contributed by atoms with van der Waals surface area (Å²) in [6.07, 6.45) is 5.06. The van der Waals surface area contributed by atoms with E-state index in [2.05, 4.69) is 52.0 Å². The topological polar surface area (TPSA) is 26.8 Å². The zero-order valence-electron chi connectivity index (χ0n) is 15.4. The van der Waals surface area contributed by atoms with Crippen molar-refractivity contribution in [2.75, 3.05) is 32.7 Å². The highest BCUT2D eigenvalue weighted by atomic mass is 16.2. The van der Waals surface area contributed by atoms with E-state index in [9.17, 15) is 4.79 Å². The van der Waals surface area contributed by atoms with Crippen molar-refractivity contribution >= 4 is 5.91 Å². The first-order chi connectivity index (χ1) is 12.2. The number of benzene rings is 1. The molecule has 4 nitrogen and oxygen atoms in total. The van der Waals surface area contributed by atoms with Gasteiger partial charge < -0.3 is 4.90 Å². The summed E-state index contributed by atoms with van der Waals surface area (Å²) in [6.45, 7) is 8.05. The number of rotatable bonds is 7. The van der Waals surface area contributed by atoms with Crippen LogP contribution in [0.3, 0.4) is 0 Å². The van der Waals surface area contributed by atoms with Gasteiger partial charge in [0, 0.05) is 44.8 Å². The van der Waals surface area contributed by atoms with Crippen molar-refractivity contribution in [2.24, 2.45) is 5.92 Å². The van der Waals surface area contributed by atoms with Gasteiger partial charge in [0.05, 0.1) is 6.54 Å². The van der Waals surface area contributed by atoms with Gasteiger partial charge in [0.2, 0.25) is 5.91 Å². The molecule has 1 aliphatic heterocycles. The van der Waals surface area contributed by atoms with E-state index in [1.165, 1.54) is 31.2 Å². The number of nitrogens with zero attached hydrogens (tertiary/aromatic N) is 3. The molecule has 1 saturated heterocycles. The predicted molar refractivity (Wildman–Crippen MR) is 100 cm³/mol. The molecule has 3 aliphatic rings. The van der Waals surface area contributed by atoms with Crippen LogP contribution in [-0.2, 0) is 11.3 Å². The Hall–Kier alpha value is -1.39. The Morgan fingerprint density at radius 1 is 1.04 bits per heavy atom. The number of carbonyl (C=O) groups is 1. The van der Waals surface area contributed by atoms with Crippen LogP contribution in [0.5, 0.6) is 0 Å². The molecule has 2 saturated carbocycles. The molecule has 1 amide bonds. The zero-order valence-corrected chi connectivity index (χ0v) is 15.4. The molecule has 0 bridgehead atoms. The van der Waals surface area contributed by atoms with Crippen molar-refractivity contribution in [3.05, 3.63) is 35.9 Å². The van der Waals surface area contributed by atoms with Gasteiger partial charge in [0.15, 0.2) is 0 Å². The molecule has 136 valence electrons. The van der Waals surface area contributed by atoms with E-state index >= 15 is 0 Å². The second-order valence-electron chi connectivity index (χ2n) is 8.15. The Morgan fingerprint density at radius 2 is 1.68 bits per heavy atom. The van der Waals surface area contributed by atoms with Gasteiger partial charge in [0.1, 0.15) is 0 Å². The normalized spacial score (nSPS) is 23.4. The molecule has 3 fully saturated rings. The third-order valence-corrected chi connectivity index (χ3v) is 6.04. The molecule has 0 radical (unpaired) electrons. The first-order valence-corrected chi connectivity index (χ1v) is 10.0. The van der Waals surface area contributed by atoms with Crippen LogP contribution in [0.2, 0.25) is 0 Å². The summed E-state index contributed by atoms with van der Waals surface area (Å²) < 4.78 is 0. The fourth-order valence-electron chi connectivity index (χ4n) is 4.14. The van der Waals surface area contributed by atoms with E-state index < -0.39 is 0 Å². The molecule has 1 heterocycles. The molecule has 4 heteroatoms. The van der Waals surface area contributed by atoms with E-state index in [4.69, 9.17) is 0 Å². The SMILES string of the molecule is CC(C1CC1)N(C(=O)CN1CCN(Cc2ccccc2)CC1)C1CC1. The molecule has 0 spiro atoms. The van der Waals surface area contributed by atoms with Crippen LogP contribution in [0.25, 0.3) is 0 Å². The van der Waals surface area contributed by atoms with E-state index in [-0.39, 0.29) is 0 Å². The highest BCUT2D eigenvalue weighted by Crippen LogP contribution is 2.39. The third kappa shape index (κ3) is 4.42. The zero-order chi connectivity index (χ0) is 17.2. The van der Waals surface area contributed by atoms with Crippen LogP contribution in [-0.4, -0.2) is 65.4 Å². The van der Waals surface area contributed by atoms with Crippen LogP contribution in [0.1, 0.15) is 38.2 Å². The Kier molecular flexibility index (Phi) is 5.09. The summed E-state index contributed by atoms with van der Waals surface area (Å²) in [5.74, 6) is 1.14. The van der Waals surface area contributed by atoms with Crippen LogP contribution >= 0.6 is 0 Å². The van der Waals surface area contributed by atoms with Gasteiger partial charge in [-0.25, -0.2) is 0 Å². The van der Waals surface area contributed by atoms with Crippen molar-refractivity contribution in [3.63, 3.8) is 0 Å². The summed E-state index contributed by atoms with van der Waals surface area (Å²) >= 11 is 0. The average Bonchev–Trinajstić information content (AvgIpc) is 3.50. The lowest BCUT2D eigenvalue weighted by Crippen LogP contribution is -2.51. The number of carbonyl (C=O) groups excluding carboxylic acids is 1. The predicted octanol–water partition coefficient (Wildman–Crippen LogP) is 2.59. The third-order valence-electron chi connectivity index (χ3n) is 6.04. The summed E-state index contributed by atoms with van der Waals surface area (Å²) in [5, 5.41) is 0. The van der Waals surface area contributed by atoms with E-state index in [0.29, 0.717) is 24.5 Å². The maximum atomic E-state index is 12.9. The minimum Gasteiger partial charge on any atom is -0.336 e. The Labute approximate surface area is 151 Å². The largest absolute Gasteiger partial charge is 0.336 e. The van der Waals surface area contributed by atoms with Gasteiger partial charge >= 0.3 is 0 Å². The molecule has 25 heavy (non-hydrogen) atoms. The maximum Gasteiger partial charge on any atom is 0.237 e. The maximum absolute atomic E-state index is 12.9. The second-order valence-corrected chi connectivity index (χ2v) is 8.15. The quantitative estimate of drug-likeness (QED) is 0.763. The number of hydrogen-bond donors (Lipinski definition) is 0. The minimum atomic E-state index is 0.374. The monoisotopic (exact) mass is 341 g/mol. The van der Waals surface area contributed by atoms with Crippen LogP contribution in [0, 0.1) is 5.92 Å². The van der Waals surface area contributed by atoms with E-state index in [0.717, 1.165) is 38.6 Å². The van der Waals surface area contributed by atoms with Crippen molar-refractivity contribution in [2.45, 2.75) is 51.2 Å². The van der Waals surface area contributed by atoms with E-state index in [1.54, 1.807) is 0 Å². The van der Waals surface area contributed by atoms with E-state index in [1.807, 2.05) is 0 Å². The van der Waals surface area contributed by atoms with Gasteiger partial charge in [0.25, 0.3) is 0 Å². The van der Waals surface area contributed by atoms with Crippen LogP contribution in [0.15, 0.2) is 30.3 Å². The smallest absolute Gasteiger partial charge is 0.237 e. The lowest BCUT2D eigenvalue weighted by Gasteiger charge is -2.37. The van der Waals surface area contributed by atoms with Gasteiger partial charge in [-0.3, -0.25) is 14.6 Å². The highest BCUT2D eigenvalue weighted by molar-refractivity contribution is 5.79. The molecular weight excluding hydrogens is 310 g/mol. The standard InChI is InChI=1S/C21H31N3O/c1-17(19-7-8-19)24(20-9-10-20)21(25)16-23-13-11-22(12-14-23)15-18-5-3-2-4-6-18/h2-6,17,19-20H,7-16H2,1H3. The number of amides is 1. The summed E-state index contributed by atoms with van der Waals surface area (Å²) in [7, 11) is 0. The summed E-state index contributed by atoms with van der Waals surface area (Å²) in [6, 6.07) is 11.7. The first kappa shape index (κ1) is 17.0. The van der Waals surface area contributed by atoms with Crippen LogP contribution < -0.4 is 0 Å². The second kappa shape index (κ2) is 7.46. The lowest BCUT2D eigenvalue weighted by atomic mass is 10.1. The number of hydrogen-bond acceptors (Lipinski definition) is 3. The molecule has 2 aliphatic carbocycles. The first-order valence-electron chi connectivity index (χ1n) is 10.0. The summed E-state index contributed by atoms with van der Waals surface area (Å²) in [5.41, 5.74) is 1.38. The van der Waals surface area contributed by atoms with Crippen LogP contribution in [0.4, 0.5) is 0 Å². The molecule has 0 N–H and O–H groups in total. The van der Waals surface area contributed by atoms with Crippen molar-refractivity contribution in [1.82, 2.24) is 14.7 Å². The Balaban J connectivity index is 1.25.